The van der Waals surface area contributed by atoms with Crippen LogP contribution in [0.5, 0.6) is 0 Å². The van der Waals surface area contributed by atoms with Crippen LogP contribution in [0.3, 0.4) is 0 Å². The Labute approximate surface area is 115 Å². The second-order valence-electron chi connectivity index (χ2n) is 3.99. The lowest BCUT2D eigenvalue weighted by molar-refractivity contribution is 0.555. The molecule has 0 aliphatic rings. The van der Waals surface area contributed by atoms with Gasteiger partial charge in [0.2, 0.25) is 0 Å². The Morgan fingerprint density at radius 1 is 1.00 bits per heavy atom. The zero-order chi connectivity index (χ0) is 13.8. The summed E-state index contributed by atoms with van der Waals surface area (Å²) in [6.45, 7) is 0. The zero-order valence-corrected chi connectivity index (χ0v) is 10.4. The van der Waals surface area contributed by atoms with E-state index in [-0.39, 0.29) is 5.89 Å². The average Bonchev–Trinajstić information content (AvgIpc) is 2.95. The van der Waals surface area contributed by atoms with Crippen LogP contribution >= 0.6 is 0 Å². The first kappa shape index (κ1) is 11.9. The molecule has 3 rings (SSSR count). The van der Waals surface area contributed by atoms with Gasteiger partial charge in [-0.25, -0.2) is 0 Å². The molecule has 96 valence electrons. The maximum absolute atomic E-state index is 5.85. The van der Waals surface area contributed by atoms with E-state index >= 15 is 0 Å². The molecule has 0 spiro atoms. The average molecular weight is 262 g/mol. The number of para-hydroxylation sites is 1. The Morgan fingerprint density at radius 2 is 1.90 bits per heavy atom. The number of nitrogens with zero attached hydrogens (tertiary/aromatic N) is 3. The SMILES string of the molecule is Nc1ccccc1-c1nnc(C#Cc2cccnc2)o1. The van der Waals surface area contributed by atoms with Crippen molar-refractivity contribution >= 4 is 5.69 Å². The standard InChI is InChI=1S/C15H10N4O/c16-13-6-2-1-5-12(13)15-19-18-14(20-15)8-7-11-4-3-9-17-10-11/h1-6,9-10H,16H2. The zero-order valence-electron chi connectivity index (χ0n) is 10.4. The minimum atomic E-state index is 0.243. The third-order valence-corrected chi connectivity index (χ3v) is 2.59. The predicted octanol–water partition coefficient (Wildman–Crippen LogP) is 2.11. The van der Waals surface area contributed by atoms with Crippen molar-refractivity contribution in [1.82, 2.24) is 15.2 Å². The number of rotatable bonds is 1. The van der Waals surface area contributed by atoms with E-state index in [0.717, 1.165) is 5.56 Å². The van der Waals surface area contributed by atoms with Crippen molar-refractivity contribution in [2.45, 2.75) is 0 Å². The molecule has 0 bridgehead atoms. The highest BCUT2D eigenvalue weighted by atomic mass is 16.4. The highest BCUT2D eigenvalue weighted by Gasteiger charge is 2.09. The summed E-state index contributed by atoms with van der Waals surface area (Å²) in [6.07, 6.45) is 3.35. The number of aromatic nitrogens is 3. The number of anilines is 1. The molecule has 3 aromatic rings. The topological polar surface area (TPSA) is 77.8 Å². The van der Waals surface area contributed by atoms with Gasteiger partial charge in [-0.2, -0.15) is 0 Å². The molecule has 0 aliphatic heterocycles. The molecule has 0 aliphatic carbocycles. The van der Waals surface area contributed by atoms with Crippen molar-refractivity contribution in [1.29, 1.82) is 0 Å². The Kier molecular flexibility index (Phi) is 3.13. The van der Waals surface area contributed by atoms with Gasteiger partial charge in [0.1, 0.15) is 0 Å². The molecule has 5 heteroatoms. The Balaban J connectivity index is 1.89. The Bertz CT molecular complexity index is 784. The second-order valence-corrected chi connectivity index (χ2v) is 3.99. The van der Waals surface area contributed by atoms with Gasteiger partial charge in [-0.15, -0.1) is 5.10 Å². The van der Waals surface area contributed by atoms with Crippen LogP contribution in [0.1, 0.15) is 11.5 Å². The molecular formula is C15H10N4O. The molecule has 2 N–H and O–H groups in total. The van der Waals surface area contributed by atoms with Crippen LogP contribution in [0.4, 0.5) is 5.69 Å². The van der Waals surface area contributed by atoms with Gasteiger partial charge in [-0.05, 0) is 30.2 Å². The molecule has 0 radical (unpaired) electrons. The van der Waals surface area contributed by atoms with Crippen molar-refractivity contribution in [2.75, 3.05) is 5.73 Å². The van der Waals surface area contributed by atoms with Crippen LogP contribution in [0.25, 0.3) is 11.5 Å². The summed E-state index contributed by atoms with van der Waals surface area (Å²) in [5.41, 5.74) is 7.93. The van der Waals surface area contributed by atoms with Gasteiger partial charge in [0.25, 0.3) is 11.8 Å². The van der Waals surface area contributed by atoms with Crippen LogP contribution < -0.4 is 5.73 Å². The van der Waals surface area contributed by atoms with Gasteiger partial charge in [-0.3, -0.25) is 4.98 Å². The maximum Gasteiger partial charge on any atom is 0.294 e. The number of benzene rings is 1. The minimum Gasteiger partial charge on any atom is -0.410 e. The van der Waals surface area contributed by atoms with E-state index in [1.165, 1.54) is 0 Å². The number of nitrogens with two attached hydrogens (primary N) is 1. The van der Waals surface area contributed by atoms with E-state index in [1.54, 1.807) is 18.5 Å². The van der Waals surface area contributed by atoms with E-state index in [2.05, 4.69) is 27.0 Å². The fourth-order valence-corrected chi connectivity index (χ4v) is 1.64. The molecule has 0 atom stereocenters. The number of nitrogen functional groups attached to an aromatic ring is 1. The van der Waals surface area contributed by atoms with E-state index in [1.807, 2.05) is 30.3 Å². The molecule has 20 heavy (non-hydrogen) atoms. The van der Waals surface area contributed by atoms with E-state index < -0.39 is 0 Å². The second kappa shape index (κ2) is 5.24. The van der Waals surface area contributed by atoms with E-state index in [4.69, 9.17) is 10.2 Å². The maximum atomic E-state index is 5.85. The molecule has 0 unspecified atom stereocenters. The third-order valence-electron chi connectivity index (χ3n) is 2.59. The van der Waals surface area contributed by atoms with Crippen LogP contribution in [-0.4, -0.2) is 15.2 Å². The Morgan fingerprint density at radius 3 is 2.70 bits per heavy atom. The van der Waals surface area contributed by atoms with E-state index in [0.29, 0.717) is 17.1 Å². The smallest absolute Gasteiger partial charge is 0.294 e. The summed E-state index contributed by atoms with van der Waals surface area (Å²) < 4.78 is 5.48. The van der Waals surface area contributed by atoms with Crippen molar-refractivity contribution in [3.63, 3.8) is 0 Å². The third kappa shape index (κ3) is 2.49. The van der Waals surface area contributed by atoms with Gasteiger partial charge < -0.3 is 10.2 Å². The Hall–Kier alpha value is -3.13. The van der Waals surface area contributed by atoms with Crippen molar-refractivity contribution in [3.05, 3.63) is 60.2 Å². The largest absolute Gasteiger partial charge is 0.410 e. The molecule has 1 aromatic carbocycles. The highest BCUT2D eigenvalue weighted by molar-refractivity contribution is 5.69. The molecule has 0 saturated heterocycles. The van der Waals surface area contributed by atoms with Crippen LogP contribution in [0.2, 0.25) is 0 Å². The molecule has 2 aromatic heterocycles. The van der Waals surface area contributed by atoms with Crippen molar-refractivity contribution in [3.8, 4) is 23.3 Å². The number of hydrogen-bond donors (Lipinski definition) is 1. The molecule has 0 fully saturated rings. The van der Waals surface area contributed by atoms with Crippen molar-refractivity contribution < 1.29 is 4.42 Å². The lowest BCUT2D eigenvalue weighted by Gasteiger charge is -1.97. The molecular weight excluding hydrogens is 252 g/mol. The van der Waals surface area contributed by atoms with Crippen molar-refractivity contribution in [2.24, 2.45) is 0 Å². The van der Waals surface area contributed by atoms with Crippen LogP contribution in [0.15, 0.2) is 53.2 Å². The van der Waals surface area contributed by atoms with Crippen LogP contribution in [0, 0.1) is 11.8 Å². The summed E-state index contributed by atoms with van der Waals surface area (Å²) in [6, 6.07) is 11.0. The lowest BCUT2D eigenvalue weighted by atomic mass is 10.2. The molecule has 0 amide bonds. The summed E-state index contributed by atoms with van der Waals surface area (Å²) in [4.78, 5) is 3.98. The predicted molar refractivity (Wildman–Crippen MR) is 74.4 cm³/mol. The van der Waals surface area contributed by atoms with Gasteiger partial charge in [0.15, 0.2) is 0 Å². The summed E-state index contributed by atoms with van der Waals surface area (Å²) in [7, 11) is 0. The monoisotopic (exact) mass is 262 g/mol. The fourth-order valence-electron chi connectivity index (χ4n) is 1.64. The van der Waals surface area contributed by atoms with Crippen LogP contribution in [-0.2, 0) is 0 Å². The quantitative estimate of drug-likeness (QED) is 0.537. The van der Waals surface area contributed by atoms with Gasteiger partial charge >= 0.3 is 0 Å². The first-order chi connectivity index (χ1) is 9.83. The fraction of sp³-hybridized carbons (Fsp3) is 0. The number of pyridine rings is 1. The first-order valence-corrected chi connectivity index (χ1v) is 5.93. The molecule has 5 nitrogen and oxygen atoms in total. The molecule has 0 saturated carbocycles. The van der Waals surface area contributed by atoms with E-state index in [9.17, 15) is 0 Å². The lowest BCUT2D eigenvalue weighted by Crippen LogP contribution is -1.88. The number of hydrogen-bond acceptors (Lipinski definition) is 5. The molecule has 2 heterocycles. The first-order valence-electron chi connectivity index (χ1n) is 5.93. The van der Waals surface area contributed by atoms with Gasteiger partial charge in [0, 0.05) is 23.6 Å². The summed E-state index contributed by atoms with van der Waals surface area (Å²) in [5, 5.41) is 7.83. The summed E-state index contributed by atoms with van der Waals surface area (Å²) >= 11 is 0. The van der Waals surface area contributed by atoms with Gasteiger partial charge in [-0.1, -0.05) is 23.2 Å². The minimum absolute atomic E-state index is 0.243. The normalized spacial score (nSPS) is 9.80. The highest BCUT2D eigenvalue weighted by Crippen LogP contribution is 2.23. The summed E-state index contributed by atoms with van der Waals surface area (Å²) in [5.74, 6) is 6.30. The van der Waals surface area contributed by atoms with Gasteiger partial charge in [0.05, 0.1) is 5.56 Å².